The molecule has 1 aromatic heterocycles. The Bertz CT molecular complexity index is 373. The van der Waals surface area contributed by atoms with Gasteiger partial charge in [-0.05, 0) is 6.92 Å². The van der Waals surface area contributed by atoms with Crippen LogP contribution in [0.4, 0.5) is 5.82 Å². The molecule has 0 aromatic carbocycles. The van der Waals surface area contributed by atoms with Crippen LogP contribution in [-0.4, -0.2) is 29.0 Å². The van der Waals surface area contributed by atoms with E-state index < -0.39 is 5.91 Å². The molecule has 0 unspecified atom stereocenters. The molecule has 7 heteroatoms. The van der Waals surface area contributed by atoms with Gasteiger partial charge in [-0.15, -0.1) is 0 Å². The van der Waals surface area contributed by atoms with E-state index in [4.69, 9.17) is 22.1 Å². The minimum absolute atomic E-state index is 0.00141. The molecule has 1 heterocycles. The number of nitrogens with two attached hydrogens (primary N) is 1. The third-order valence-corrected chi connectivity index (χ3v) is 1.81. The largest absolute Gasteiger partial charge is 0.374 e. The van der Waals surface area contributed by atoms with E-state index in [1.54, 1.807) is 0 Å². The SMILES string of the molecule is CCOCc1nc(Cl)cc(NCC(N)=O)n1. The van der Waals surface area contributed by atoms with E-state index in [9.17, 15) is 4.79 Å². The van der Waals surface area contributed by atoms with Gasteiger partial charge in [0, 0.05) is 12.7 Å². The molecular weight excluding hydrogens is 232 g/mol. The highest BCUT2D eigenvalue weighted by molar-refractivity contribution is 6.29. The van der Waals surface area contributed by atoms with Crippen molar-refractivity contribution in [2.24, 2.45) is 5.73 Å². The molecule has 0 bridgehead atoms. The molecule has 0 aliphatic heterocycles. The summed E-state index contributed by atoms with van der Waals surface area (Å²) in [6.07, 6.45) is 0. The summed E-state index contributed by atoms with van der Waals surface area (Å²) < 4.78 is 5.15. The maximum atomic E-state index is 10.6. The zero-order valence-corrected chi connectivity index (χ0v) is 9.62. The van der Waals surface area contributed by atoms with Gasteiger partial charge < -0.3 is 15.8 Å². The first-order valence-electron chi connectivity index (χ1n) is 4.75. The van der Waals surface area contributed by atoms with Crippen molar-refractivity contribution in [1.29, 1.82) is 0 Å². The Labute approximate surface area is 98.2 Å². The number of ether oxygens (including phenoxy) is 1. The Balaban J connectivity index is 2.69. The van der Waals surface area contributed by atoms with Gasteiger partial charge in [0.05, 0.1) is 6.54 Å². The van der Waals surface area contributed by atoms with Crippen LogP contribution in [0.25, 0.3) is 0 Å². The highest BCUT2D eigenvalue weighted by atomic mass is 35.5. The molecular formula is C9H13ClN4O2. The van der Waals surface area contributed by atoms with E-state index in [2.05, 4.69) is 15.3 Å². The predicted octanol–water partition coefficient (Wildman–Crippen LogP) is 0.564. The van der Waals surface area contributed by atoms with E-state index in [1.165, 1.54) is 6.07 Å². The second-order valence-electron chi connectivity index (χ2n) is 2.95. The van der Waals surface area contributed by atoms with E-state index in [1.807, 2.05) is 6.92 Å². The second kappa shape index (κ2) is 6.24. The van der Waals surface area contributed by atoms with Crippen molar-refractivity contribution >= 4 is 23.3 Å². The van der Waals surface area contributed by atoms with Crippen molar-refractivity contribution in [2.45, 2.75) is 13.5 Å². The smallest absolute Gasteiger partial charge is 0.236 e. The van der Waals surface area contributed by atoms with Gasteiger partial charge in [0.1, 0.15) is 17.6 Å². The van der Waals surface area contributed by atoms with Crippen LogP contribution < -0.4 is 11.1 Å². The number of rotatable bonds is 6. The molecule has 16 heavy (non-hydrogen) atoms. The van der Waals surface area contributed by atoms with Crippen LogP contribution in [0.1, 0.15) is 12.7 Å². The summed E-state index contributed by atoms with van der Waals surface area (Å²) in [5, 5.41) is 3.02. The zero-order valence-electron chi connectivity index (χ0n) is 8.86. The Morgan fingerprint density at radius 2 is 2.38 bits per heavy atom. The first kappa shape index (κ1) is 12.7. The van der Waals surface area contributed by atoms with Gasteiger partial charge in [0.15, 0.2) is 5.82 Å². The molecule has 1 amide bonds. The van der Waals surface area contributed by atoms with Gasteiger partial charge in [-0.2, -0.15) is 0 Å². The number of anilines is 1. The number of primary amides is 1. The molecule has 1 aromatic rings. The van der Waals surface area contributed by atoms with E-state index >= 15 is 0 Å². The Kier molecular flexibility index (Phi) is 4.94. The number of carbonyl (C=O) groups is 1. The molecule has 3 N–H and O–H groups in total. The highest BCUT2D eigenvalue weighted by Crippen LogP contribution is 2.11. The van der Waals surface area contributed by atoms with Crippen LogP contribution in [0.2, 0.25) is 5.15 Å². The lowest BCUT2D eigenvalue weighted by Crippen LogP contribution is -2.22. The molecule has 0 fully saturated rings. The van der Waals surface area contributed by atoms with Crippen molar-refractivity contribution in [3.05, 3.63) is 17.0 Å². The third kappa shape index (κ3) is 4.41. The van der Waals surface area contributed by atoms with Crippen molar-refractivity contribution < 1.29 is 9.53 Å². The molecule has 88 valence electrons. The van der Waals surface area contributed by atoms with Gasteiger partial charge in [0.2, 0.25) is 5.91 Å². The van der Waals surface area contributed by atoms with Crippen LogP contribution in [0.3, 0.4) is 0 Å². The number of halogens is 1. The van der Waals surface area contributed by atoms with E-state index in [0.717, 1.165) is 0 Å². The molecule has 1 rings (SSSR count). The van der Waals surface area contributed by atoms with Crippen LogP contribution in [0.5, 0.6) is 0 Å². The lowest BCUT2D eigenvalue weighted by molar-refractivity contribution is -0.116. The molecule has 0 spiro atoms. The lowest BCUT2D eigenvalue weighted by Gasteiger charge is -2.06. The Hall–Kier alpha value is -1.40. The fourth-order valence-electron chi connectivity index (χ4n) is 0.991. The average Bonchev–Trinajstić information content (AvgIpc) is 2.23. The number of nitrogens with one attached hydrogen (secondary N) is 1. The fourth-order valence-corrected chi connectivity index (χ4v) is 1.19. The monoisotopic (exact) mass is 244 g/mol. The molecule has 0 aliphatic carbocycles. The van der Waals surface area contributed by atoms with Crippen LogP contribution in [0, 0.1) is 0 Å². The number of hydrogen-bond acceptors (Lipinski definition) is 5. The fraction of sp³-hybridized carbons (Fsp3) is 0.444. The van der Waals surface area contributed by atoms with Crippen molar-refractivity contribution in [3.8, 4) is 0 Å². The van der Waals surface area contributed by atoms with E-state index in [0.29, 0.717) is 18.2 Å². The number of hydrogen-bond donors (Lipinski definition) is 2. The molecule has 0 atom stereocenters. The molecule has 0 saturated carbocycles. The summed E-state index contributed by atoms with van der Waals surface area (Å²) in [7, 11) is 0. The minimum Gasteiger partial charge on any atom is -0.374 e. The Morgan fingerprint density at radius 1 is 1.62 bits per heavy atom. The van der Waals surface area contributed by atoms with Crippen molar-refractivity contribution in [1.82, 2.24) is 9.97 Å². The van der Waals surface area contributed by atoms with Gasteiger partial charge in [-0.3, -0.25) is 4.79 Å². The summed E-state index contributed by atoms with van der Waals surface area (Å²) in [6.45, 7) is 2.72. The maximum Gasteiger partial charge on any atom is 0.236 e. The topological polar surface area (TPSA) is 90.1 Å². The summed E-state index contributed by atoms with van der Waals surface area (Å²) in [5.74, 6) is 0.441. The number of nitrogens with zero attached hydrogens (tertiary/aromatic N) is 2. The number of carbonyl (C=O) groups excluding carboxylic acids is 1. The molecule has 6 nitrogen and oxygen atoms in total. The summed E-state index contributed by atoms with van der Waals surface area (Å²) in [5.41, 5.74) is 4.99. The second-order valence-corrected chi connectivity index (χ2v) is 3.34. The Morgan fingerprint density at radius 3 is 3.00 bits per heavy atom. The van der Waals surface area contributed by atoms with Gasteiger partial charge >= 0.3 is 0 Å². The quantitative estimate of drug-likeness (QED) is 0.714. The summed E-state index contributed by atoms with van der Waals surface area (Å²) in [4.78, 5) is 18.6. The molecule has 0 radical (unpaired) electrons. The van der Waals surface area contributed by atoms with Gasteiger partial charge in [-0.25, -0.2) is 9.97 Å². The number of amides is 1. The average molecular weight is 245 g/mol. The predicted molar refractivity (Wildman–Crippen MR) is 60.1 cm³/mol. The van der Waals surface area contributed by atoms with Crippen LogP contribution >= 0.6 is 11.6 Å². The lowest BCUT2D eigenvalue weighted by atomic mass is 10.5. The number of aromatic nitrogens is 2. The minimum atomic E-state index is -0.471. The zero-order chi connectivity index (χ0) is 12.0. The van der Waals surface area contributed by atoms with Crippen LogP contribution in [0.15, 0.2) is 6.07 Å². The first-order chi connectivity index (χ1) is 7.61. The molecule has 0 saturated heterocycles. The summed E-state index contributed by atoms with van der Waals surface area (Å²) in [6, 6.07) is 1.51. The first-order valence-corrected chi connectivity index (χ1v) is 5.13. The van der Waals surface area contributed by atoms with E-state index in [-0.39, 0.29) is 18.3 Å². The standard InChI is InChI=1S/C9H13ClN4O2/c1-2-16-5-9-13-6(10)3-8(14-9)12-4-7(11)15/h3H,2,4-5H2,1H3,(H2,11,15)(H,12,13,14). The van der Waals surface area contributed by atoms with Gasteiger partial charge in [0.25, 0.3) is 0 Å². The highest BCUT2D eigenvalue weighted by Gasteiger charge is 2.04. The summed E-state index contributed by atoms with van der Waals surface area (Å²) >= 11 is 5.78. The van der Waals surface area contributed by atoms with Gasteiger partial charge in [-0.1, -0.05) is 11.6 Å². The third-order valence-electron chi connectivity index (χ3n) is 1.62. The molecule has 0 aliphatic rings. The maximum absolute atomic E-state index is 10.6. The van der Waals surface area contributed by atoms with Crippen molar-refractivity contribution in [2.75, 3.05) is 18.5 Å². The normalized spacial score (nSPS) is 10.1. The van der Waals surface area contributed by atoms with Crippen LogP contribution in [-0.2, 0) is 16.1 Å². The van der Waals surface area contributed by atoms with Crippen molar-refractivity contribution in [3.63, 3.8) is 0 Å².